The van der Waals surface area contributed by atoms with Crippen LogP contribution in [0.15, 0.2) is 28.8 Å². The molecule has 3 heterocycles. The van der Waals surface area contributed by atoms with Crippen LogP contribution >= 0.6 is 0 Å². The lowest BCUT2D eigenvalue weighted by Crippen LogP contribution is -2.63. The first-order valence-electron chi connectivity index (χ1n) is 8.54. The first kappa shape index (κ1) is 16.3. The molecule has 25 heavy (non-hydrogen) atoms. The van der Waals surface area contributed by atoms with Crippen LogP contribution in [0, 0.1) is 5.82 Å². The first-order chi connectivity index (χ1) is 12.2. The van der Waals surface area contributed by atoms with Gasteiger partial charge in [-0.2, -0.15) is 4.98 Å². The van der Waals surface area contributed by atoms with Gasteiger partial charge in [-0.15, -0.1) is 0 Å². The molecule has 0 radical (unpaired) electrons. The first-order valence-corrected chi connectivity index (χ1v) is 8.54. The molecule has 2 saturated heterocycles. The number of anilines is 2. The Balaban J connectivity index is 1.26. The molecule has 0 atom stereocenters. The van der Waals surface area contributed by atoms with Crippen molar-refractivity contribution in [2.75, 3.05) is 56.2 Å². The second-order valence-corrected chi connectivity index (χ2v) is 6.48. The predicted octanol–water partition coefficient (Wildman–Crippen LogP) is 1.37. The van der Waals surface area contributed by atoms with E-state index in [1.54, 1.807) is 7.11 Å². The van der Waals surface area contributed by atoms with E-state index < -0.39 is 0 Å². The van der Waals surface area contributed by atoms with E-state index in [1.165, 1.54) is 12.1 Å². The third-order valence-corrected chi connectivity index (χ3v) is 4.89. The standard InChI is InChI=1S/C17H22FN5O2/c1-24-12-16-19-17(25-20-16)23-10-15(11-23)22-8-6-21(7-9-22)14-4-2-13(18)3-5-14/h2-5,15H,6-12H2,1H3. The van der Waals surface area contributed by atoms with E-state index >= 15 is 0 Å². The molecule has 1 aromatic carbocycles. The Morgan fingerprint density at radius 1 is 1.12 bits per heavy atom. The van der Waals surface area contributed by atoms with Crippen molar-refractivity contribution in [2.45, 2.75) is 12.6 Å². The lowest BCUT2D eigenvalue weighted by atomic mass is 10.1. The fourth-order valence-electron chi connectivity index (χ4n) is 3.40. The van der Waals surface area contributed by atoms with Gasteiger partial charge >= 0.3 is 6.01 Å². The van der Waals surface area contributed by atoms with Crippen molar-refractivity contribution in [3.8, 4) is 0 Å². The van der Waals surface area contributed by atoms with Crippen molar-refractivity contribution >= 4 is 11.7 Å². The maximum atomic E-state index is 13.0. The zero-order chi connectivity index (χ0) is 17.2. The fraction of sp³-hybridized carbons (Fsp3) is 0.529. The van der Waals surface area contributed by atoms with Crippen LogP contribution in [0.2, 0.25) is 0 Å². The van der Waals surface area contributed by atoms with Crippen LogP contribution in [-0.4, -0.2) is 67.5 Å². The molecule has 8 heteroatoms. The third-order valence-electron chi connectivity index (χ3n) is 4.89. The molecule has 0 unspecified atom stereocenters. The second kappa shape index (κ2) is 6.97. The lowest BCUT2D eigenvalue weighted by molar-refractivity contribution is 0.152. The Morgan fingerprint density at radius 3 is 2.52 bits per heavy atom. The normalized spacial score (nSPS) is 19.3. The minimum absolute atomic E-state index is 0.188. The molecule has 2 aliphatic heterocycles. The van der Waals surface area contributed by atoms with Crippen molar-refractivity contribution in [1.29, 1.82) is 0 Å². The Hall–Kier alpha value is -2.19. The Morgan fingerprint density at radius 2 is 1.84 bits per heavy atom. The average Bonchev–Trinajstić information content (AvgIpc) is 3.04. The zero-order valence-electron chi connectivity index (χ0n) is 14.3. The van der Waals surface area contributed by atoms with Crippen molar-refractivity contribution in [1.82, 2.24) is 15.0 Å². The molecule has 0 bridgehead atoms. The molecule has 2 aromatic rings. The fourth-order valence-corrected chi connectivity index (χ4v) is 3.40. The number of nitrogens with zero attached hydrogens (tertiary/aromatic N) is 5. The lowest BCUT2D eigenvalue weighted by Gasteiger charge is -2.47. The summed E-state index contributed by atoms with van der Waals surface area (Å²) in [6, 6.07) is 7.84. The van der Waals surface area contributed by atoms with Gasteiger partial charge in [-0.05, 0) is 24.3 Å². The van der Waals surface area contributed by atoms with Gasteiger partial charge in [0.15, 0.2) is 5.82 Å². The molecular weight excluding hydrogens is 325 g/mol. The highest BCUT2D eigenvalue weighted by Crippen LogP contribution is 2.24. The van der Waals surface area contributed by atoms with E-state index in [0.717, 1.165) is 45.0 Å². The van der Waals surface area contributed by atoms with Crippen LogP contribution in [0.1, 0.15) is 5.82 Å². The van der Waals surface area contributed by atoms with E-state index in [0.29, 0.717) is 24.5 Å². The van der Waals surface area contributed by atoms with Crippen LogP contribution in [0.3, 0.4) is 0 Å². The van der Waals surface area contributed by atoms with Gasteiger partial charge in [0, 0.05) is 58.1 Å². The van der Waals surface area contributed by atoms with E-state index in [9.17, 15) is 4.39 Å². The van der Waals surface area contributed by atoms with Crippen LogP contribution < -0.4 is 9.80 Å². The summed E-state index contributed by atoms with van der Waals surface area (Å²) in [5, 5.41) is 3.90. The zero-order valence-corrected chi connectivity index (χ0v) is 14.3. The molecule has 2 aliphatic rings. The van der Waals surface area contributed by atoms with E-state index in [4.69, 9.17) is 9.26 Å². The number of halogens is 1. The molecule has 2 fully saturated rings. The summed E-state index contributed by atoms with van der Waals surface area (Å²) in [5.74, 6) is 0.389. The second-order valence-electron chi connectivity index (χ2n) is 6.48. The monoisotopic (exact) mass is 347 g/mol. The summed E-state index contributed by atoms with van der Waals surface area (Å²) in [5.41, 5.74) is 1.09. The van der Waals surface area contributed by atoms with Crippen molar-refractivity contribution in [3.63, 3.8) is 0 Å². The number of hydrogen-bond donors (Lipinski definition) is 0. The molecule has 0 N–H and O–H groups in total. The SMILES string of the molecule is COCc1noc(N2CC(N3CCN(c4ccc(F)cc4)CC3)C2)n1. The Kier molecular flexibility index (Phi) is 4.54. The Bertz CT molecular complexity index is 693. The van der Waals surface area contributed by atoms with Crippen LogP contribution in [-0.2, 0) is 11.3 Å². The number of ether oxygens (including phenoxy) is 1. The average molecular weight is 347 g/mol. The highest BCUT2D eigenvalue weighted by molar-refractivity contribution is 5.46. The largest absolute Gasteiger partial charge is 0.377 e. The predicted molar refractivity (Wildman–Crippen MR) is 91.2 cm³/mol. The highest BCUT2D eigenvalue weighted by atomic mass is 19.1. The van der Waals surface area contributed by atoms with Crippen molar-refractivity contribution < 1.29 is 13.7 Å². The van der Waals surface area contributed by atoms with Gasteiger partial charge in [-0.1, -0.05) is 5.16 Å². The summed E-state index contributed by atoms with van der Waals surface area (Å²) in [7, 11) is 1.61. The third kappa shape index (κ3) is 3.45. The van der Waals surface area contributed by atoms with Crippen LogP contribution in [0.5, 0.6) is 0 Å². The van der Waals surface area contributed by atoms with E-state index in [2.05, 4.69) is 24.8 Å². The molecule has 0 aliphatic carbocycles. The maximum absolute atomic E-state index is 13.0. The van der Waals surface area contributed by atoms with Gasteiger partial charge < -0.3 is 19.1 Å². The number of methoxy groups -OCH3 is 1. The van der Waals surface area contributed by atoms with Gasteiger partial charge in [-0.3, -0.25) is 4.90 Å². The molecule has 4 rings (SSSR count). The summed E-state index contributed by atoms with van der Waals surface area (Å²) < 4.78 is 23.3. The molecule has 134 valence electrons. The Labute approximate surface area is 146 Å². The molecule has 0 spiro atoms. The summed E-state index contributed by atoms with van der Waals surface area (Å²) in [6.45, 7) is 6.12. The van der Waals surface area contributed by atoms with Crippen molar-refractivity contribution in [2.24, 2.45) is 0 Å². The van der Waals surface area contributed by atoms with Crippen LogP contribution in [0.4, 0.5) is 16.1 Å². The quantitative estimate of drug-likeness (QED) is 0.809. The number of aromatic nitrogens is 2. The van der Waals surface area contributed by atoms with Crippen LogP contribution in [0.25, 0.3) is 0 Å². The minimum atomic E-state index is -0.188. The number of piperazine rings is 1. The maximum Gasteiger partial charge on any atom is 0.324 e. The topological polar surface area (TPSA) is 57.9 Å². The molecular formula is C17H22FN5O2. The number of hydrogen-bond acceptors (Lipinski definition) is 7. The van der Waals surface area contributed by atoms with Gasteiger partial charge in [-0.25, -0.2) is 4.39 Å². The molecule has 0 saturated carbocycles. The minimum Gasteiger partial charge on any atom is -0.377 e. The van der Waals surface area contributed by atoms with E-state index in [1.807, 2.05) is 12.1 Å². The van der Waals surface area contributed by atoms with Crippen molar-refractivity contribution in [3.05, 3.63) is 35.9 Å². The summed E-state index contributed by atoms with van der Waals surface area (Å²) >= 11 is 0. The number of rotatable bonds is 5. The van der Waals surface area contributed by atoms with E-state index in [-0.39, 0.29) is 5.82 Å². The molecule has 1 aromatic heterocycles. The molecule has 7 nitrogen and oxygen atoms in total. The highest BCUT2D eigenvalue weighted by Gasteiger charge is 2.36. The van der Waals surface area contributed by atoms with Gasteiger partial charge in [0.05, 0.1) is 0 Å². The summed E-state index contributed by atoms with van der Waals surface area (Å²) in [6.07, 6.45) is 0. The molecule has 0 amide bonds. The smallest absolute Gasteiger partial charge is 0.324 e. The summed E-state index contributed by atoms with van der Waals surface area (Å²) in [4.78, 5) is 11.2. The van der Waals surface area contributed by atoms with Gasteiger partial charge in [0.2, 0.25) is 0 Å². The van der Waals surface area contributed by atoms with Gasteiger partial charge in [0.1, 0.15) is 12.4 Å². The van der Waals surface area contributed by atoms with Gasteiger partial charge in [0.25, 0.3) is 0 Å². The number of benzene rings is 1.